The number of allylic oxidation sites excluding steroid dienone is 1. The van der Waals surface area contributed by atoms with Crippen LogP contribution >= 0.6 is 0 Å². The smallest absolute Gasteiger partial charge is 0.123 e. The van der Waals surface area contributed by atoms with E-state index in [0.717, 1.165) is 24.1 Å². The van der Waals surface area contributed by atoms with Gasteiger partial charge < -0.3 is 10.4 Å². The highest BCUT2D eigenvalue weighted by atomic mass is 19.1. The zero-order valence-corrected chi connectivity index (χ0v) is 10.7. The number of benzene rings is 1. The van der Waals surface area contributed by atoms with E-state index in [2.05, 4.69) is 24.4 Å². The molecule has 2 rings (SSSR count). The van der Waals surface area contributed by atoms with Crippen LogP contribution in [0.1, 0.15) is 31.7 Å². The molecule has 3 heteroatoms. The molecular weight excluding hydrogens is 229 g/mol. The maximum absolute atomic E-state index is 13.2. The van der Waals surface area contributed by atoms with Crippen molar-refractivity contribution in [1.82, 2.24) is 0 Å². The standard InChI is InChI=1S/C15H20FNO/c1-2-3-4-5-13-10-14(18)9-11-8-12(16)6-7-15(11)17-13/h4-8,13-14,17-18H,2-3,9-10H2,1H3/b5-4+/t13-,14+/m1/s1. The van der Waals surface area contributed by atoms with E-state index in [1.54, 1.807) is 6.07 Å². The van der Waals surface area contributed by atoms with Crippen LogP contribution in [0.3, 0.4) is 0 Å². The monoisotopic (exact) mass is 249 g/mol. The van der Waals surface area contributed by atoms with Gasteiger partial charge in [0.1, 0.15) is 5.82 Å². The van der Waals surface area contributed by atoms with Crippen molar-refractivity contribution in [2.45, 2.75) is 44.8 Å². The summed E-state index contributed by atoms with van der Waals surface area (Å²) in [4.78, 5) is 0. The summed E-state index contributed by atoms with van der Waals surface area (Å²) in [7, 11) is 0. The number of aliphatic hydroxyl groups is 1. The SMILES string of the molecule is CCC/C=C/[C@@H]1C[C@@H](O)Cc2cc(F)ccc2N1. The Bertz CT molecular complexity index is 431. The summed E-state index contributed by atoms with van der Waals surface area (Å²) in [6.45, 7) is 2.14. The molecule has 0 aliphatic carbocycles. The Morgan fingerprint density at radius 2 is 2.33 bits per heavy atom. The van der Waals surface area contributed by atoms with Gasteiger partial charge in [0.2, 0.25) is 0 Å². The molecule has 0 saturated carbocycles. The molecular formula is C15H20FNO. The summed E-state index contributed by atoms with van der Waals surface area (Å²) in [5, 5.41) is 13.3. The Morgan fingerprint density at radius 3 is 3.11 bits per heavy atom. The molecule has 1 aromatic rings. The van der Waals surface area contributed by atoms with Gasteiger partial charge in [-0.05, 0) is 36.6 Å². The fourth-order valence-electron chi connectivity index (χ4n) is 2.31. The van der Waals surface area contributed by atoms with Crippen molar-refractivity contribution in [3.63, 3.8) is 0 Å². The van der Waals surface area contributed by atoms with Crippen molar-refractivity contribution in [3.05, 3.63) is 41.7 Å². The average molecular weight is 249 g/mol. The van der Waals surface area contributed by atoms with Crippen molar-refractivity contribution in [3.8, 4) is 0 Å². The minimum Gasteiger partial charge on any atom is -0.393 e. The second kappa shape index (κ2) is 6.01. The molecule has 2 atom stereocenters. The lowest BCUT2D eigenvalue weighted by molar-refractivity contribution is 0.165. The molecule has 0 fully saturated rings. The summed E-state index contributed by atoms with van der Waals surface area (Å²) in [5.41, 5.74) is 1.79. The lowest BCUT2D eigenvalue weighted by atomic mass is 10.0. The number of fused-ring (bicyclic) bond motifs is 1. The maximum Gasteiger partial charge on any atom is 0.123 e. The average Bonchev–Trinajstić information content (AvgIpc) is 2.47. The third-order valence-electron chi connectivity index (χ3n) is 3.21. The fraction of sp³-hybridized carbons (Fsp3) is 0.467. The Kier molecular flexibility index (Phi) is 4.37. The van der Waals surface area contributed by atoms with E-state index in [1.807, 2.05) is 0 Å². The summed E-state index contributed by atoms with van der Waals surface area (Å²) >= 11 is 0. The van der Waals surface area contributed by atoms with Crippen LogP contribution in [0.4, 0.5) is 10.1 Å². The third-order valence-corrected chi connectivity index (χ3v) is 3.21. The molecule has 1 aliphatic rings. The first-order chi connectivity index (χ1) is 8.69. The largest absolute Gasteiger partial charge is 0.393 e. The molecule has 2 N–H and O–H groups in total. The van der Waals surface area contributed by atoms with Gasteiger partial charge in [-0.25, -0.2) is 4.39 Å². The number of hydrogen-bond donors (Lipinski definition) is 2. The van der Waals surface area contributed by atoms with Gasteiger partial charge in [-0.2, -0.15) is 0 Å². The van der Waals surface area contributed by atoms with E-state index in [4.69, 9.17) is 0 Å². The van der Waals surface area contributed by atoms with Gasteiger partial charge in [0.15, 0.2) is 0 Å². The number of unbranched alkanes of at least 4 members (excludes halogenated alkanes) is 1. The highest BCUT2D eigenvalue weighted by molar-refractivity contribution is 5.54. The first kappa shape index (κ1) is 13.1. The molecule has 0 radical (unpaired) electrons. The summed E-state index contributed by atoms with van der Waals surface area (Å²) in [6.07, 6.45) is 7.16. The molecule has 0 amide bonds. The third kappa shape index (κ3) is 3.33. The predicted molar refractivity (Wildman–Crippen MR) is 72.2 cm³/mol. The van der Waals surface area contributed by atoms with Crippen molar-refractivity contribution in [2.75, 3.05) is 5.32 Å². The van der Waals surface area contributed by atoms with Crippen molar-refractivity contribution >= 4 is 5.69 Å². The molecule has 1 aliphatic heterocycles. The van der Waals surface area contributed by atoms with Crippen molar-refractivity contribution in [1.29, 1.82) is 0 Å². The summed E-state index contributed by atoms with van der Waals surface area (Å²) in [6, 6.07) is 4.84. The van der Waals surface area contributed by atoms with Crippen molar-refractivity contribution in [2.24, 2.45) is 0 Å². The van der Waals surface area contributed by atoms with E-state index in [-0.39, 0.29) is 11.9 Å². The minimum absolute atomic E-state index is 0.123. The molecule has 2 nitrogen and oxygen atoms in total. The number of aliphatic hydroxyl groups excluding tert-OH is 1. The first-order valence-electron chi connectivity index (χ1n) is 6.58. The van der Waals surface area contributed by atoms with Gasteiger partial charge in [-0.3, -0.25) is 0 Å². The van der Waals surface area contributed by atoms with Gasteiger partial charge >= 0.3 is 0 Å². The highest BCUT2D eigenvalue weighted by Gasteiger charge is 2.20. The maximum atomic E-state index is 13.2. The zero-order chi connectivity index (χ0) is 13.0. The minimum atomic E-state index is -0.420. The first-order valence-corrected chi connectivity index (χ1v) is 6.58. The Morgan fingerprint density at radius 1 is 1.50 bits per heavy atom. The lowest BCUT2D eigenvalue weighted by Crippen LogP contribution is -2.21. The normalized spacial score (nSPS) is 23.5. The number of hydrogen-bond acceptors (Lipinski definition) is 2. The van der Waals surface area contributed by atoms with Gasteiger partial charge in [0.05, 0.1) is 6.10 Å². The number of rotatable bonds is 3. The summed E-state index contributed by atoms with van der Waals surface area (Å²) < 4.78 is 13.2. The van der Waals surface area contributed by atoms with Crippen LogP contribution in [0.15, 0.2) is 30.4 Å². The zero-order valence-electron chi connectivity index (χ0n) is 10.7. The summed E-state index contributed by atoms with van der Waals surface area (Å²) in [5.74, 6) is -0.247. The molecule has 0 spiro atoms. The van der Waals surface area contributed by atoms with Crippen LogP contribution in [-0.2, 0) is 6.42 Å². The molecule has 0 bridgehead atoms. The molecule has 1 heterocycles. The van der Waals surface area contributed by atoms with E-state index < -0.39 is 6.10 Å². The van der Waals surface area contributed by atoms with Crippen LogP contribution < -0.4 is 5.32 Å². The molecule has 1 aromatic carbocycles. The van der Waals surface area contributed by atoms with Crippen molar-refractivity contribution < 1.29 is 9.50 Å². The lowest BCUT2D eigenvalue weighted by Gasteiger charge is -2.15. The van der Waals surface area contributed by atoms with Gasteiger partial charge in [0.25, 0.3) is 0 Å². The van der Waals surface area contributed by atoms with Crippen LogP contribution in [0.5, 0.6) is 0 Å². The van der Waals surface area contributed by atoms with Gasteiger partial charge in [-0.1, -0.05) is 25.5 Å². The Labute approximate surface area is 108 Å². The number of nitrogens with one attached hydrogen (secondary N) is 1. The number of anilines is 1. The Balaban J connectivity index is 2.16. The van der Waals surface area contributed by atoms with E-state index in [0.29, 0.717) is 12.8 Å². The molecule has 0 saturated heterocycles. The highest BCUT2D eigenvalue weighted by Crippen LogP contribution is 2.25. The molecule has 98 valence electrons. The Hall–Kier alpha value is -1.35. The molecule has 18 heavy (non-hydrogen) atoms. The van der Waals surface area contributed by atoms with E-state index >= 15 is 0 Å². The second-order valence-corrected chi connectivity index (χ2v) is 4.86. The molecule has 0 aromatic heterocycles. The molecule has 0 unspecified atom stereocenters. The van der Waals surface area contributed by atoms with Crippen LogP contribution in [0.25, 0.3) is 0 Å². The van der Waals surface area contributed by atoms with Crippen LogP contribution in [0, 0.1) is 5.82 Å². The topological polar surface area (TPSA) is 32.3 Å². The van der Waals surface area contributed by atoms with Crippen LogP contribution in [0.2, 0.25) is 0 Å². The van der Waals surface area contributed by atoms with Crippen LogP contribution in [-0.4, -0.2) is 17.3 Å². The quantitative estimate of drug-likeness (QED) is 0.806. The number of halogens is 1. The van der Waals surface area contributed by atoms with Gasteiger partial charge in [-0.15, -0.1) is 0 Å². The second-order valence-electron chi connectivity index (χ2n) is 4.86. The fourth-order valence-corrected chi connectivity index (χ4v) is 2.31. The van der Waals surface area contributed by atoms with E-state index in [9.17, 15) is 9.50 Å². The predicted octanol–water partition coefficient (Wildman–Crippen LogP) is 3.27. The van der Waals surface area contributed by atoms with Gasteiger partial charge in [0, 0.05) is 18.2 Å². The van der Waals surface area contributed by atoms with E-state index in [1.165, 1.54) is 12.1 Å².